The Bertz CT molecular complexity index is 1100. The monoisotopic (exact) mass is 448 g/mol. The number of carboxylic acids is 1. The van der Waals surface area contributed by atoms with E-state index in [2.05, 4.69) is 10.5 Å². The molecule has 1 aromatic heterocycles. The summed E-state index contributed by atoms with van der Waals surface area (Å²) in [6.07, 6.45) is 2.18. The quantitative estimate of drug-likeness (QED) is 0.458. The van der Waals surface area contributed by atoms with Gasteiger partial charge in [0.25, 0.3) is 0 Å². The molecule has 1 aliphatic carbocycles. The highest BCUT2D eigenvalue weighted by Gasteiger charge is 2.27. The maximum Gasteiger partial charge on any atom is 0.412 e. The Morgan fingerprint density at radius 2 is 1.73 bits per heavy atom. The first-order valence-corrected chi connectivity index (χ1v) is 11.2. The van der Waals surface area contributed by atoms with Crippen molar-refractivity contribution in [2.75, 3.05) is 5.32 Å². The molecule has 7 nitrogen and oxygen atoms in total. The van der Waals surface area contributed by atoms with Crippen LogP contribution in [0.15, 0.2) is 59.1 Å². The summed E-state index contributed by atoms with van der Waals surface area (Å²) in [5.74, 6) is -0.0898. The van der Waals surface area contributed by atoms with E-state index < -0.39 is 18.2 Å². The van der Waals surface area contributed by atoms with E-state index in [4.69, 9.17) is 9.26 Å². The lowest BCUT2D eigenvalue weighted by Gasteiger charge is -2.26. The van der Waals surface area contributed by atoms with Crippen molar-refractivity contribution in [1.82, 2.24) is 5.16 Å². The van der Waals surface area contributed by atoms with Crippen LogP contribution in [-0.4, -0.2) is 22.3 Å². The minimum absolute atomic E-state index is 0.226. The summed E-state index contributed by atoms with van der Waals surface area (Å²) in [6, 6.07) is 17.5. The fourth-order valence-corrected chi connectivity index (χ4v) is 4.38. The third kappa shape index (κ3) is 5.25. The Balaban J connectivity index is 1.43. The number of nitrogens with one attached hydrogen (secondary N) is 1. The molecule has 3 aromatic rings. The van der Waals surface area contributed by atoms with E-state index in [0.717, 1.165) is 24.0 Å². The minimum Gasteiger partial charge on any atom is -0.481 e. The molecule has 33 heavy (non-hydrogen) atoms. The number of hydrogen-bond acceptors (Lipinski definition) is 5. The molecule has 1 aliphatic rings. The second-order valence-electron chi connectivity index (χ2n) is 8.56. The van der Waals surface area contributed by atoms with Gasteiger partial charge in [0.05, 0.1) is 5.92 Å². The van der Waals surface area contributed by atoms with Crippen LogP contribution in [0.4, 0.5) is 10.5 Å². The number of aryl methyl sites for hydroxylation is 1. The minimum atomic E-state index is -0.693. The van der Waals surface area contributed by atoms with Crippen LogP contribution in [0.3, 0.4) is 0 Å². The van der Waals surface area contributed by atoms with Crippen LogP contribution < -0.4 is 5.32 Å². The van der Waals surface area contributed by atoms with Crippen molar-refractivity contribution in [3.63, 3.8) is 0 Å². The van der Waals surface area contributed by atoms with Crippen molar-refractivity contribution in [1.29, 1.82) is 0 Å². The second-order valence-corrected chi connectivity index (χ2v) is 8.56. The highest BCUT2D eigenvalue weighted by atomic mass is 16.6. The summed E-state index contributed by atoms with van der Waals surface area (Å²) in [5, 5.41) is 16.0. The van der Waals surface area contributed by atoms with Gasteiger partial charge in [-0.3, -0.25) is 10.1 Å². The molecule has 0 bridgehead atoms. The van der Waals surface area contributed by atoms with E-state index in [1.165, 1.54) is 5.56 Å². The summed E-state index contributed by atoms with van der Waals surface area (Å²) in [7, 11) is 0. The first kappa shape index (κ1) is 22.6. The molecule has 1 atom stereocenters. The van der Waals surface area contributed by atoms with E-state index >= 15 is 0 Å². The fraction of sp³-hybridized carbons (Fsp3) is 0.346. The molecule has 0 saturated heterocycles. The average molecular weight is 449 g/mol. The Labute approximate surface area is 192 Å². The summed E-state index contributed by atoms with van der Waals surface area (Å²) in [5.41, 5.74) is 3.93. The van der Waals surface area contributed by atoms with Gasteiger partial charge in [0, 0.05) is 5.56 Å². The highest BCUT2D eigenvalue weighted by Crippen LogP contribution is 2.37. The summed E-state index contributed by atoms with van der Waals surface area (Å²) < 4.78 is 11.0. The lowest BCUT2D eigenvalue weighted by molar-refractivity contribution is -0.142. The van der Waals surface area contributed by atoms with Crippen molar-refractivity contribution in [3.8, 4) is 11.3 Å². The number of rotatable bonds is 6. The van der Waals surface area contributed by atoms with Gasteiger partial charge in [0.15, 0.2) is 5.76 Å². The first-order valence-electron chi connectivity index (χ1n) is 11.2. The molecule has 2 aromatic carbocycles. The number of aliphatic carboxylic acids is 1. The normalized spacial score (nSPS) is 19.0. The van der Waals surface area contributed by atoms with Crippen LogP contribution in [0.2, 0.25) is 0 Å². The average Bonchev–Trinajstić information content (AvgIpc) is 3.19. The zero-order chi connectivity index (χ0) is 23.4. The number of benzene rings is 2. The van der Waals surface area contributed by atoms with Crippen LogP contribution in [0, 0.1) is 12.8 Å². The Morgan fingerprint density at radius 1 is 1.06 bits per heavy atom. The molecule has 172 valence electrons. The molecule has 0 spiro atoms. The topological polar surface area (TPSA) is 102 Å². The van der Waals surface area contributed by atoms with Gasteiger partial charge in [-0.2, -0.15) is 0 Å². The van der Waals surface area contributed by atoms with E-state index in [1.807, 2.05) is 61.5 Å². The van der Waals surface area contributed by atoms with E-state index in [9.17, 15) is 14.7 Å². The molecule has 4 rings (SSSR count). The van der Waals surface area contributed by atoms with Crippen molar-refractivity contribution >= 4 is 17.7 Å². The van der Waals surface area contributed by atoms with Gasteiger partial charge in [-0.25, -0.2) is 4.79 Å². The largest absolute Gasteiger partial charge is 0.481 e. The van der Waals surface area contributed by atoms with Crippen molar-refractivity contribution in [3.05, 3.63) is 71.4 Å². The SMILES string of the molecule is Cc1noc(-c2ccc(C3CCC(C(=O)O)CC3)cc2)c1NC(=O)O[C@H](C)c1ccccc1. The number of carbonyl (C=O) groups excluding carboxylic acids is 1. The molecule has 1 fully saturated rings. The number of aromatic nitrogens is 1. The third-order valence-corrected chi connectivity index (χ3v) is 6.36. The lowest BCUT2D eigenvalue weighted by Crippen LogP contribution is -2.20. The number of nitrogens with zero attached hydrogens (tertiary/aromatic N) is 1. The molecule has 1 saturated carbocycles. The van der Waals surface area contributed by atoms with E-state index in [1.54, 1.807) is 6.92 Å². The molecule has 2 N–H and O–H groups in total. The second kappa shape index (κ2) is 9.90. The summed E-state index contributed by atoms with van der Waals surface area (Å²) in [6.45, 7) is 3.58. The smallest absolute Gasteiger partial charge is 0.412 e. The maximum atomic E-state index is 12.5. The van der Waals surface area contributed by atoms with Crippen LogP contribution >= 0.6 is 0 Å². The molecular formula is C26H28N2O5. The number of carboxylic acid groups (broad SMARTS) is 1. The molecular weight excluding hydrogens is 420 g/mol. The summed E-state index contributed by atoms with van der Waals surface area (Å²) in [4.78, 5) is 23.7. The Hall–Kier alpha value is -3.61. The molecule has 0 unspecified atom stereocenters. The van der Waals surface area contributed by atoms with Crippen molar-refractivity contribution < 1.29 is 24.0 Å². The fourth-order valence-electron chi connectivity index (χ4n) is 4.38. The predicted molar refractivity (Wildman–Crippen MR) is 124 cm³/mol. The molecule has 0 radical (unpaired) electrons. The molecule has 1 amide bonds. The Morgan fingerprint density at radius 3 is 2.36 bits per heavy atom. The van der Waals surface area contributed by atoms with Crippen LogP contribution in [0.5, 0.6) is 0 Å². The number of hydrogen-bond donors (Lipinski definition) is 2. The predicted octanol–water partition coefficient (Wildman–Crippen LogP) is 6.32. The maximum absolute atomic E-state index is 12.5. The molecule has 0 aliphatic heterocycles. The van der Waals surface area contributed by atoms with Crippen molar-refractivity contribution in [2.45, 2.75) is 51.6 Å². The van der Waals surface area contributed by atoms with Gasteiger partial charge in [0.1, 0.15) is 17.5 Å². The lowest BCUT2D eigenvalue weighted by atomic mass is 9.78. The first-order chi connectivity index (χ1) is 15.9. The van der Waals surface area contributed by atoms with Gasteiger partial charge in [0.2, 0.25) is 0 Å². The number of amides is 1. The number of ether oxygens (including phenoxy) is 1. The van der Waals surface area contributed by atoms with Gasteiger partial charge >= 0.3 is 12.1 Å². The highest BCUT2D eigenvalue weighted by molar-refractivity contribution is 5.90. The van der Waals surface area contributed by atoms with Gasteiger partial charge < -0.3 is 14.4 Å². The van der Waals surface area contributed by atoms with E-state index in [0.29, 0.717) is 35.9 Å². The molecule has 7 heteroatoms. The zero-order valence-corrected chi connectivity index (χ0v) is 18.8. The number of anilines is 1. The van der Waals surface area contributed by atoms with Gasteiger partial charge in [-0.15, -0.1) is 0 Å². The zero-order valence-electron chi connectivity index (χ0n) is 18.8. The van der Waals surface area contributed by atoms with Crippen LogP contribution in [-0.2, 0) is 9.53 Å². The van der Waals surface area contributed by atoms with Gasteiger partial charge in [-0.1, -0.05) is 59.8 Å². The van der Waals surface area contributed by atoms with Crippen LogP contribution in [0.1, 0.15) is 61.4 Å². The van der Waals surface area contributed by atoms with Crippen molar-refractivity contribution in [2.24, 2.45) is 5.92 Å². The summed E-state index contributed by atoms with van der Waals surface area (Å²) >= 11 is 0. The van der Waals surface area contributed by atoms with Gasteiger partial charge in [-0.05, 0) is 56.6 Å². The molecule has 1 heterocycles. The van der Waals surface area contributed by atoms with Crippen LogP contribution in [0.25, 0.3) is 11.3 Å². The number of carbonyl (C=O) groups is 2. The van der Waals surface area contributed by atoms with E-state index in [-0.39, 0.29) is 5.92 Å². The third-order valence-electron chi connectivity index (χ3n) is 6.36. The Kier molecular flexibility index (Phi) is 6.77. The standard InChI is InChI=1S/C26H28N2O5/c1-16-23(27-26(31)32-17(2)18-6-4-3-5-7-18)24(33-28-16)21-12-8-19(9-13-21)20-10-14-22(15-11-20)25(29)30/h3-9,12-13,17,20,22H,10-11,14-15H2,1-2H3,(H,27,31)(H,29,30)/t17-,20?,22?/m1/s1.